The van der Waals surface area contributed by atoms with Crippen LogP contribution in [0.5, 0.6) is 11.5 Å². The third kappa shape index (κ3) is 5.71. The van der Waals surface area contributed by atoms with Crippen LogP contribution in [0.1, 0.15) is 51.9 Å². The number of amides is 1. The fourth-order valence-electron chi connectivity index (χ4n) is 3.30. The molecule has 24 heavy (non-hydrogen) atoms. The average Bonchev–Trinajstić information content (AvgIpc) is 2.83. The molecule has 5 nitrogen and oxygen atoms in total. The highest BCUT2D eigenvalue weighted by Crippen LogP contribution is 2.29. The van der Waals surface area contributed by atoms with Gasteiger partial charge in [0.15, 0.2) is 0 Å². The van der Waals surface area contributed by atoms with Crippen molar-refractivity contribution in [2.24, 2.45) is 0 Å². The summed E-state index contributed by atoms with van der Waals surface area (Å²) < 4.78 is 10.5. The molecule has 1 aromatic rings. The first-order valence-corrected chi connectivity index (χ1v) is 8.90. The van der Waals surface area contributed by atoms with Crippen molar-refractivity contribution in [3.8, 4) is 11.5 Å². The van der Waals surface area contributed by atoms with Crippen molar-refractivity contribution in [2.45, 2.75) is 64.0 Å². The van der Waals surface area contributed by atoms with Gasteiger partial charge in [-0.3, -0.25) is 4.79 Å². The molecule has 1 fully saturated rings. The van der Waals surface area contributed by atoms with Gasteiger partial charge in [-0.05, 0) is 31.9 Å². The fraction of sp³-hybridized carbons (Fsp3) is 0.632. The van der Waals surface area contributed by atoms with Crippen LogP contribution in [-0.2, 0) is 4.79 Å². The predicted molar refractivity (Wildman–Crippen MR) is 96.9 cm³/mol. The Morgan fingerprint density at radius 1 is 1.17 bits per heavy atom. The molecule has 0 radical (unpaired) electrons. The van der Waals surface area contributed by atoms with E-state index in [1.165, 1.54) is 38.5 Å². The highest BCUT2D eigenvalue weighted by atomic mass is 16.5. The second-order valence-corrected chi connectivity index (χ2v) is 6.57. The lowest BCUT2D eigenvalue weighted by Crippen LogP contribution is -2.38. The minimum Gasteiger partial charge on any atom is -0.497 e. The summed E-state index contributed by atoms with van der Waals surface area (Å²) in [5.41, 5.74) is 0.642. The standard InChI is InChI=1S/C19H30N2O3/c1-14(20-15-8-6-4-5-7-9-15)12-19(22)21-17-13-16(23-2)10-11-18(17)24-3/h10-11,13-15,20H,4-9,12H2,1-3H3,(H,21,22). The molecule has 5 heteroatoms. The molecule has 134 valence electrons. The molecule has 1 aliphatic carbocycles. The number of hydrogen-bond donors (Lipinski definition) is 2. The second kappa shape index (κ2) is 9.52. The number of methoxy groups -OCH3 is 2. The van der Waals surface area contributed by atoms with Gasteiger partial charge in [-0.25, -0.2) is 0 Å². The maximum absolute atomic E-state index is 12.4. The van der Waals surface area contributed by atoms with Gasteiger partial charge in [-0.2, -0.15) is 0 Å². The van der Waals surface area contributed by atoms with E-state index < -0.39 is 0 Å². The SMILES string of the molecule is COc1ccc(OC)c(NC(=O)CC(C)NC2CCCCCC2)c1. The molecule has 0 heterocycles. The number of ether oxygens (including phenoxy) is 2. The second-order valence-electron chi connectivity index (χ2n) is 6.57. The monoisotopic (exact) mass is 334 g/mol. The Kier molecular flexibility index (Phi) is 7.37. The third-order valence-corrected chi connectivity index (χ3v) is 4.55. The van der Waals surface area contributed by atoms with E-state index in [1.54, 1.807) is 26.4 Å². The Morgan fingerprint density at radius 2 is 1.88 bits per heavy atom. The molecule has 1 atom stereocenters. The zero-order valence-corrected chi connectivity index (χ0v) is 15.1. The Bertz CT molecular complexity index is 525. The quantitative estimate of drug-likeness (QED) is 0.746. The predicted octanol–water partition coefficient (Wildman–Crippen LogP) is 3.73. The van der Waals surface area contributed by atoms with E-state index in [-0.39, 0.29) is 11.9 Å². The molecular weight excluding hydrogens is 304 g/mol. The maximum Gasteiger partial charge on any atom is 0.226 e. The number of anilines is 1. The van der Waals surface area contributed by atoms with Crippen LogP contribution in [-0.4, -0.2) is 32.2 Å². The van der Waals surface area contributed by atoms with Crippen molar-refractivity contribution < 1.29 is 14.3 Å². The van der Waals surface area contributed by atoms with Crippen LogP contribution in [0.25, 0.3) is 0 Å². The normalized spacial score (nSPS) is 17.0. The summed E-state index contributed by atoms with van der Waals surface area (Å²) in [6, 6.07) is 6.08. The molecule has 1 aromatic carbocycles. The molecule has 1 amide bonds. The van der Waals surface area contributed by atoms with Crippen LogP contribution < -0.4 is 20.1 Å². The van der Waals surface area contributed by atoms with Crippen molar-refractivity contribution in [3.63, 3.8) is 0 Å². The molecule has 1 aliphatic rings. The van der Waals surface area contributed by atoms with E-state index in [0.717, 1.165) is 0 Å². The number of rotatable bonds is 7. The van der Waals surface area contributed by atoms with Crippen molar-refractivity contribution >= 4 is 11.6 Å². The Morgan fingerprint density at radius 3 is 2.50 bits per heavy atom. The molecule has 1 unspecified atom stereocenters. The van der Waals surface area contributed by atoms with Crippen LogP contribution in [0.4, 0.5) is 5.69 Å². The van der Waals surface area contributed by atoms with Gasteiger partial charge in [0.05, 0.1) is 19.9 Å². The van der Waals surface area contributed by atoms with E-state index in [4.69, 9.17) is 9.47 Å². The molecular formula is C19H30N2O3. The average molecular weight is 334 g/mol. The maximum atomic E-state index is 12.4. The number of nitrogens with one attached hydrogen (secondary N) is 2. The minimum atomic E-state index is -0.0184. The van der Waals surface area contributed by atoms with Crippen LogP contribution in [0.15, 0.2) is 18.2 Å². The van der Waals surface area contributed by atoms with Crippen LogP contribution in [0, 0.1) is 0 Å². The molecule has 2 N–H and O–H groups in total. The largest absolute Gasteiger partial charge is 0.497 e. The molecule has 0 bridgehead atoms. The van der Waals surface area contributed by atoms with Crippen molar-refractivity contribution in [1.82, 2.24) is 5.32 Å². The zero-order valence-electron chi connectivity index (χ0n) is 15.1. The topological polar surface area (TPSA) is 59.6 Å². The van der Waals surface area contributed by atoms with Gasteiger partial charge in [0.2, 0.25) is 5.91 Å². The molecule has 0 spiro atoms. The van der Waals surface area contributed by atoms with Crippen LogP contribution in [0.3, 0.4) is 0 Å². The van der Waals surface area contributed by atoms with Crippen LogP contribution >= 0.6 is 0 Å². The van der Waals surface area contributed by atoms with Gasteiger partial charge in [0.1, 0.15) is 11.5 Å². The Balaban J connectivity index is 1.87. The molecule has 1 saturated carbocycles. The van der Waals surface area contributed by atoms with Crippen molar-refractivity contribution in [1.29, 1.82) is 0 Å². The molecule has 0 aliphatic heterocycles. The first-order chi connectivity index (χ1) is 11.6. The Labute approximate surface area is 145 Å². The van der Waals surface area contributed by atoms with Gasteiger partial charge < -0.3 is 20.1 Å². The number of carbonyl (C=O) groups excluding carboxylic acids is 1. The first kappa shape index (κ1) is 18.6. The van der Waals surface area contributed by atoms with Crippen molar-refractivity contribution in [3.05, 3.63) is 18.2 Å². The van der Waals surface area contributed by atoms with Gasteiger partial charge in [-0.1, -0.05) is 25.7 Å². The highest BCUT2D eigenvalue weighted by molar-refractivity contribution is 5.92. The smallest absolute Gasteiger partial charge is 0.226 e. The molecule has 0 aromatic heterocycles. The summed E-state index contributed by atoms with van der Waals surface area (Å²) in [6.45, 7) is 2.08. The summed E-state index contributed by atoms with van der Waals surface area (Å²) in [5, 5.41) is 6.54. The zero-order chi connectivity index (χ0) is 17.4. The molecule has 2 rings (SSSR count). The number of benzene rings is 1. The van der Waals surface area contributed by atoms with E-state index in [9.17, 15) is 4.79 Å². The van der Waals surface area contributed by atoms with Gasteiger partial charge in [-0.15, -0.1) is 0 Å². The number of hydrogen-bond acceptors (Lipinski definition) is 4. The lowest BCUT2D eigenvalue weighted by atomic mass is 10.1. The van der Waals surface area contributed by atoms with E-state index in [0.29, 0.717) is 29.6 Å². The third-order valence-electron chi connectivity index (χ3n) is 4.55. The van der Waals surface area contributed by atoms with Gasteiger partial charge >= 0.3 is 0 Å². The minimum absolute atomic E-state index is 0.0184. The molecule has 0 saturated heterocycles. The summed E-state index contributed by atoms with van der Waals surface area (Å²) in [4.78, 5) is 12.4. The summed E-state index contributed by atoms with van der Waals surface area (Å²) in [6.07, 6.45) is 8.13. The Hall–Kier alpha value is -1.75. The van der Waals surface area contributed by atoms with E-state index >= 15 is 0 Å². The summed E-state index contributed by atoms with van der Waals surface area (Å²) in [5.74, 6) is 1.31. The van der Waals surface area contributed by atoms with Crippen LogP contribution in [0.2, 0.25) is 0 Å². The summed E-state index contributed by atoms with van der Waals surface area (Å²) in [7, 11) is 3.19. The lowest BCUT2D eigenvalue weighted by Gasteiger charge is -2.22. The highest BCUT2D eigenvalue weighted by Gasteiger charge is 2.17. The first-order valence-electron chi connectivity index (χ1n) is 8.90. The van der Waals surface area contributed by atoms with Gasteiger partial charge in [0.25, 0.3) is 0 Å². The van der Waals surface area contributed by atoms with E-state index in [2.05, 4.69) is 17.6 Å². The van der Waals surface area contributed by atoms with Crippen molar-refractivity contribution in [2.75, 3.05) is 19.5 Å². The lowest BCUT2D eigenvalue weighted by molar-refractivity contribution is -0.116. The fourth-order valence-corrected chi connectivity index (χ4v) is 3.30. The van der Waals surface area contributed by atoms with E-state index in [1.807, 2.05) is 6.07 Å². The summed E-state index contributed by atoms with van der Waals surface area (Å²) >= 11 is 0. The number of carbonyl (C=O) groups is 1. The van der Waals surface area contributed by atoms with Gasteiger partial charge in [0, 0.05) is 24.6 Å².